The summed E-state index contributed by atoms with van der Waals surface area (Å²) in [5.41, 5.74) is 6.91. The van der Waals surface area contributed by atoms with Crippen LogP contribution in [0.4, 0.5) is 9.80 Å². The van der Waals surface area contributed by atoms with Gasteiger partial charge < -0.3 is 10.6 Å². The van der Waals surface area contributed by atoms with Gasteiger partial charge >= 0.3 is 6.03 Å². The maximum Gasteiger partial charge on any atom is 0.321 e. The highest BCUT2D eigenvalue weighted by Gasteiger charge is 2.19. The van der Waals surface area contributed by atoms with Crippen molar-refractivity contribution in [1.82, 2.24) is 4.90 Å². The minimum Gasteiger partial charge on any atom is -0.365 e. The van der Waals surface area contributed by atoms with Gasteiger partial charge in [0.25, 0.3) is 5.91 Å². The second-order valence-corrected chi connectivity index (χ2v) is 7.24. The summed E-state index contributed by atoms with van der Waals surface area (Å²) in [5, 5.41) is 5.67. The number of thiophene rings is 1. The average molecular weight is 370 g/mol. The van der Waals surface area contributed by atoms with E-state index >= 15 is 0 Å². The third-order valence-corrected chi connectivity index (χ3v) is 5.35. The third kappa shape index (κ3) is 4.63. The van der Waals surface area contributed by atoms with Crippen LogP contribution in [0, 0.1) is 0 Å². The van der Waals surface area contributed by atoms with Crippen molar-refractivity contribution in [2.24, 2.45) is 5.73 Å². The van der Waals surface area contributed by atoms with Gasteiger partial charge in [-0.3, -0.25) is 10.1 Å². The summed E-state index contributed by atoms with van der Waals surface area (Å²) < 4.78 is 0. The van der Waals surface area contributed by atoms with Crippen LogP contribution >= 0.6 is 34.7 Å². The zero-order valence-electron chi connectivity index (χ0n) is 12.6. The molecule has 3 amide bonds. The van der Waals surface area contributed by atoms with E-state index in [0.29, 0.717) is 21.3 Å². The Labute approximate surface area is 147 Å². The molecule has 0 aliphatic carbocycles. The van der Waals surface area contributed by atoms with Crippen LogP contribution in [0.2, 0.25) is 5.02 Å². The van der Waals surface area contributed by atoms with Gasteiger partial charge in [-0.25, -0.2) is 4.79 Å². The van der Waals surface area contributed by atoms with Crippen molar-refractivity contribution >= 4 is 51.6 Å². The standard InChI is InChI=1S/C15H16ClN3O2S2/c1-19(2)15(21)18-14-12(13(17)20)11(8-23-14)22-7-9-3-5-10(16)6-4-9/h3-6,8H,7H2,1-2H3,(H2,17,20)(H,18,21). The lowest BCUT2D eigenvalue weighted by Crippen LogP contribution is -2.28. The molecule has 0 saturated heterocycles. The van der Waals surface area contributed by atoms with Crippen molar-refractivity contribution in [3.8, 4) is 0 Å². The predicted octanol–water partition coefficient (Wildman–Crippen LogP) is 3.89. The highest BCUT2D eigenvalue weighted by molar-refractivity contribution is 7.98. The van der Waals surface area contributed by atoms with Crippen molar-refractivity contribution in [3.05, 3.63) is 45.8 Å². The number of rotatable bonds is 5. The third-order valence-electron chi connectivity index (χ3n) is 2.94. The molecular formula is C15H16ClN3O2S2. The van der Waals surface area contributed by atoms with E-state index in [0.717, 1.165) is 10.5 Å². The number of halogens is 1. The summed E-state index contributed by atoms with van der Waals surface area (Å²) in [5.74, 6) is 0.119. The van der Waals surface area contributed by atoms with E-state index in [1.807, 2.05) is 29.6 Å². The average Bonchev–Trinajstić information content (AvgIpc) is 2.89. The van der Waals surface area contributed by atoms with E-state index < -0.39 is 5.91 Å². The molecule has 0 bridgehead atoms. The summed E-state index contributed by atoms with van der Waals surface area (Å²) in [7, 11) is 3.26. The second kappa shape index (κ2) is 7.72. The fraction of sp³-hybridized carbons (Fsp3) is 0.200. The molecule has 0 aliphatic rings. The first-order valence-electron chi connectivity index (χ1n) is 6.65. The number of nitrogens with one attached hydrogen (secondary N) is 1. The quantitative estimate of drug-likeness (QED) is 0.785. The van der Waals surface area contributed by atoms with E-state index in [2.05, 4.69) is 5.32 Å². The lowest BCUT2D eigenvalue weighted by Gasteiger charge is -2.11. The number of carbonyl (C=O) groups is 2. The number of nitrogens with zero attached hydrogens (tertiary/aromatic N) is 1. The summed E-state index contributed by atoms with van der Waals surface area (Å²) in [6.45, 7) is 0. The lowest BCUT2D eigenvalue weighted by molar-refractivity contribution is 0.0999. The van der Waals surface area contributed by atoms with E-state index in [9.17, 15) is 9.59 Å². The first-order chi connectivity index (χ1) is 10.9. The topological polar surface area (TPSA) is 75.4 Å². The summed E-state index contributed by atoms with van der Waals surface area (Å²) in [6, 6.07) is 7.20. The highest BCUT2D eigenvalue weighted by atomic mass is 35.5. The Morgan fingerprint density at radius 1 is 1.30 bits per heavy atom. The molecule has 1 aromatic carbocycles. The van der Waals surface area contributed by atoms with Crippen LogP contribution in [-0.4, -0.2) is 30.9 Å². The maximum atomic E-state index is 11.8. The Balaban J connectivity index is 2.15. The predicted molar refractivity (Wildman–Crippen MR) is 96.6 cm³/mol. The van der Waals surface area contributed by atoms with Gasteiger partial charge in [0.05, 0.1) is 5.56 Å². The summed E-state index contributed by atoms with van der Waals surface area (Å²) in [4.78, 5) is 25.7. The van der Waals surface area contributed by atoms with Crippen molar-refractivity contribution < 1.29 is 9.59 Å². The van der Waals surface area contributed by atoms with Crippen LogP contribution in [0.3, 0.4) is 0 Å². The molecule has 1 heterocycles. The number of nitrogens with two attached hydrogens (primary N) is 1. The molecule has 3 N–H and O–H groups in total. The number of urea groups is 1. The number of carbonyl (C=O) groups excluding carboxylic acids is 2. The molecule has 2 rings (SSSR count). The van der Waals surface area contributed by atoms with Crippen LogP contribution < -0.4 is 11.1 Å². The van der Waals surface area contributed by atoms with Gasteiger partial charge in [0.2, 0.25) is 0 Å². The molecule has 0 fully saturated rings. The Bertz CT molecular complexity index is 714. The maximum absolute atomic E-state index is 11.8. The van der Waals surface area contributed by atoms with Gasteiger partial charge in [-0.2, -0.15) is 0 Å². The van der Waals surface area contributed by atoms with Crippen molar-refractivity contribution in [1.29, 1.82) is 0 Å². The Morgan fingerprint density at radius 3 is 2.52 bits per heavy atom. The number of amides is 3. The molecule has 8 heteroatoms. The molecule has 122 valence electrons. The minimum absolute atomic E-state index is 0.302. The molecule has 0 aliphatic heterocycles. The van der Waals surface area contributed by atoms with Crippen molar-refractivity contribution in [2.45, 2.75) is 10.6 Å². The van der Waals surface area contributed by atoms with Crippen LogP contribution in [0.15, 0.2) is 34.5 Å². The van der Waals surface area contributed by atoms with Crippen LogP contribution in [-0.2, 0) is 5.75 Å². The molecule has 0 unspecified atom stereocenters. The number of hydrogen-bond donors (Lipinski definition) is 2. The monoisotopic (exact) mass is 369 g/mol. The van der Waals surface area contributed by atoms with E-state index in [4.69, 9.17) is 17.3 Å². The molecule has 1 aromatic heterocycles. The molecule has 0 atom stereocenters. The van der Waals surface area contributed by atoms with Gasteiger partial charge in [-0.05, 0) is 17.7 Å². The minimum atomic E-state index is -0.557. The zero-order chi connectivity index (χ0) is 17.0. The summed E-state index contributed by atoms with van der Waals surface area (Å²) in [6.07, 6.45) is 0. The van der Waals surface area contributed by atoms with E-state index in [1.165, 1.54) is 28.0 Å². The van der Waals surface area contributed by atoms with E-state index in [1.54, 1.807) is 14.1 Å². The smallest absolute Gasteiger partial charge is 0.321 e. The SMILES string of the molecule is CN(C)C(=O)Nc1scc(SCc2ccc(Cl)cc2)c1C(N)=O. The largest absolute Gasteiger partial charge is 0.365 e. The van der Waals surface area contributed by atoms with Crippen LogP contribution in [0.5, 0.6) is 0 Å². The Morgan fingerprint density at radius 2 is 1.96 bits per heavy atom. The zero-order valence-corrected chi connectivity index (χ0v) is 15.0. The summed E-state index contributed by atoms with van der Waals surface area (Å²) >= 11 is 8.64. The Kier molecular flexibility index (Phi) is 5.92. The normalized spacial score (nSPS) is 10.4. The number of thioether (sulfide) groups is 1. The highest BCUT2D eigenvalue weighted by Crippen LogP contribution is 2.36. The van der Waals surface area contributed by atoms with Gasteiger partial charge in [0, 0.05) is 35.1 Å². The van der Waals surface area contributed by atoms with Crippen LogP contribution in [0.1, 0.15) is 15.9 Å². The van der Waals surface area contributed by atoms with Gasteiger partial charge in [0.15, 0.2) is 0 Å². The Hall–Kier alpha value is -1.70. The molecular weight excluding hydrogens is 354 g/mol. The fourth-order valence-corrected chi connectivity index (χ4v) is 4.01. The number of benzene rings is 1. The molecule has 0 radical (unpaired) electrons. The lowest BCUT2D eigenvalue weighted by atomic mass is 10.2. The van der Waals surface area contributed by atoms with Gasteiger partial charge in [0.1, 0.15) is 5.00 Å². The molecule has 2 aromatic rings. The number of primary amides is 1. The molecule has 0 spiro atoms. The molecule has 0 saturated carbocycles. The van der Waals surface area contributed by atoms with Crippen LogP contribution in [0.25, 0.3) is 0 Å². The van der Waals surface area contributed by atoms with E-state index in [-0.39, 0.29) is 6.03 Å². The van der Waals surface area contributed by atoms with Gasteiger partial charge in [-0.1, -0.05) is 23.7 Å². The second-order valence-electron chi connectivity index (χ2n) is 4.91. The number of hydrogen-bond acceptors (Lipinski definition) is 4. The molecule has 23 heavy (non-hydrogen) atoms. The number of anilines is 1. The first kappa shape index (κ1) is 17.7. The van der Waals surface area contributed by atoms with Crippen molar-refractivity contribution in [3.63, 3.8) is 0 Å². The first-order valence-corrected chi connectivity index (χ1v) is 8.89. The fourth-order valence-electron chi connectivity index (χ4n) is 1.72. The molecule has 5 nitrogen and oxygen atoms in total. The van der Waals surface area contributed by atoms with Gasteiger partial charge in [-0.15, -0.1) is 23.1 Å². The van der Waals surface area contributed by atoms with Crippen molar-refractivity contribution in [2.75, 3.05) is 19.4 Å².